The normalized spacial score (nSPS) is 19.1. The first-order valence-corrected chi connectivity index (χ1v) is 7.56. The predicted octanol–water partition coefficient (Wildman–Crippen LogP) is 3.41. The Bertz CT molecular complexity index is 375. The van der Waals surface area contributed by atoms with E-state index in [1.165, 1.54) is 37.1 Å². The fourth-order valence-corrected chi connectivity index (χ4v) is 3.23. The van der Waals surface area contributed by atoms with Crippen LogP contribution >= 0.6 is 0 Å². The predicted molar refractivity (Wildman–Crippen MR) is 82.6 cm³/mol. The summed E-state index contributed by atoms with van der Waals surface area (Å²) in [6, 6.07) is 9.84. The van der Waals surface area contributed by atoms with Crippen LogP contribution in [0.15, 0.2) is 24.3 Å². The third-order valence-electron chi connectivity index (χ3n) is 4.33. The van der Waals surface area contributed by atoms with Crippen LogP contribution in [0.3, 0.4) is 0 Å². The maximum Gasteiger partial charge on any atom is 0.0371 e. The van der Waals surface area contributed by atoms with Gasteiger partial charge in [0.25, 0.3) is 0 Å². The third kappa shape index (κ3) is 3.58. The zero-order chi connectivity index (χ0) is 13.8. The van der Waals surface area contributed by atoms with Gasteiger partial charge in [-0.25, -0.2) is 0 Å². The van der Waals surface area contributed by atoms with Gasteiger partial charge in [0.2, 0.25) is 0 Å². The molecule has 2 rings (SSSR count). The lowest BCUT2D eigenvalue weighted by Gasteiger charge is -2.35. The summed E-state index contributed by atoms with van der Waals surface area (Å²) in [6.07, 6.45) is 2.57. The number of rotatable bonds is 4. The average Bonchev–Trinajstić information content (AvgIpc) is 2.40. The molecule has 1 saturated heterocycles. The van der Waals surface area contributed by atoms with E-state index < -0.39 is 0 Å². The Morgan fingerprint density at radius 2 is 1.53 bits per heavy atom. The first kappa shape index (κ1) is 14.5. The molecule has 0 aliphatic carbocycles. The summed E-state index contributed by atoms with van der Waals surface area (Å²) in [5.74, 6) is 1.40. The summed E-state index contributed by atoms with van der Waals surface area (Å²) in [5.41, 5.74) is 2.91. The van der Waals surface area contributed by atoms with Crippen molar-refractivity contribution in [1.82, 2.24) is 10.2 Å². The van der Waals surface area contributed by atoms with E-state index in [9.17, 15) is 0 Å². The Hall–Kier alpha value is -0.860. The van der Waals surface area contributed by atoms with Crippen LogP contribution in [0, 0.1) is 5.92 Å². The number of nitrogens with one attached hydrogen (secondary N) is 1. The average molecular weight is 260 g/mol. The van der Waals surface area contributed by atoms with Crippen LogP contribution in [-0.4, -0.2) is 32.1 Å². The zero-order valence-corrected chi connectivity index (χ0v) is 12.8. The number of benzene rings is 1. The van der Waals surface area contributed by atoms with Crippen LogP contribution in [0.2, 0.25) is 0 Å². The molecule has 2 nitrogen and oxygen atoms in total. The lowest BCUT2D eigenvalue weighted by atomic mass is 9.84. The van der Waals surface area contributed by atoms with Crippen molar-refractivity contribution in [2.45, 2.75) is 38.6 Å². The monoisotopic (exact) mass is 260 g/mol. The van der Waals surface area contributed by atoms with Crippen molar-refractivity contribution in [2.24, 2.45) is 5.92 Å². The molecule has 0 bridgehead atoms. The molecule has 1 aromatic carbocycles. The first-order chi connectivity index (χ1) is 9.09. The Morgan fingerprint density at radius 3 is 2.00 bits per heavy atom. The SMILES string of the molecule is CC(C)c1ccc(C(C2CCNCC2)N(C)C)cc1. The molecular weight excluding hydrogens is 232 g/mol. The van der Waals surface area contributed by atoms with E-state index >= 15 is 0 Å². The van der Waals surface area contributed by atoms with Crippen molar-refractivity contribution in [2.75, 3.05) is 27.2 Å². The highest BCUT2D eigenvalue weighted by atomic mass is 15.1. The number of hydrogen-bond acceptors (Lipinski definition) is 2. The Labute approximate surface area is 118 Å². The van der Waals surface area contributed by atoms with Gasteiger partial charge in [0, 0.05) is 6.04 Å². The standard InChI is InChI=1S/C17H28N2/c1-13(2)14-5-7-15(8-6-14)17(19(3)4)16-9-11-18-12-10-16/h5-8,13,16-18H,9-12H2,1-4H3. The summed E-state index contributed by atoms with van der Waals surface area (Å²) < 4.78 is 0. The Balaban J connectivity index is 2.18. The first-order valence-electron chi connectivity index (χ1n) is 7.56. The fraction of sp³-hybridized carbons (Fsp3) is 0.647. The number of piperidine rings is 1. The molecule has 0 saturated carbocycles. The Morgan fingerprint density at radius 1 is 1.00 bits per heavy atom. The molecule has 1 N–H and O–H groups in total. The molecule has 1 unspecified atom stereocenters. The molecule has 1 aliphatic heterocycles. The smallest absolute Gasteiger partial charge is 0.0371 e. The highest BCUT2D eigenvalue weighted by molar-refractivity contribution is 5.27. The van der Waals surface area contributed by atoms with Crippen molar-refractivity contribution < 1.29 is 0 Å². The maximum absolute atomic E-state index is 3.47. The van der Waals surface area contributed by atoms with Gasteiger partial charge in [-0.1, -0.05) is 38.1 Å². The summed E-state index contributed by atoms with van der Waals surface area (Å²) in [6.45, 7) is 6.84. The van der Waals surface area contributed by atoms with Crippen molar-refractivity contribution >= 4 is 0 Å². The van der Waals surface area contributed by atoms with Gasteiger partial charge >= 0.3 is 0 Å². The molecule has 0 aromatic heterocycles. The molecule has 0 amide bonds. The topological polar surface area (TPSA) is 15.3 Å². The van der Waals surface area contributed by atoms with Gasteiger partial charge in [-0.2, -0.15) is 0 Å². The highest BCUT2D eigenvalue weighted by Crippen LogP contribution is 2.33. The van der Waals surface area contributed by atoms with Gasteiger partial charge in [-0.05, 0) is 63.0 Å². The Kier molecular flexibility index (Phi) is 5.00. The van der Waals surface area contributed by atoms with E-state index in [0.29, 0.717) is 12.0 Å². The minimum absolute atomic E-state index is 0.559. The quantitative estimate of drug-likeness (QED) is 0.892. The second-order valence-corrected chi connectivity index (χ2v) is 6.32. The van der Waals surface area contributed by atoms with Gasteiger partial charge in [-0.3, -0.25) is 0 Å². The molecular formula is C17H28N2. The molecule has 19 heavy (non-hydrogen) atoms. The summed E-state index contributed by atoms with van der Waals surface area (Å²) >= 11 is 0. The molecule has 1 atom stereocenters. The van der Waals surface area contributed by atoms with Crippen LogP contribution in [0.4, 0.5) is 0 Å². The molecule has 0 spiro atoms. The largest absolute Gasteiger partial charge is 0.317 e. The van der Waals surface area contributed by atoms with Crippen molar-refractivity contribution in [3.8, 4) is 0 Å². The highest BCUT2D eigenvalue weighted by Gasteiger charge is 2.26. The number of nitrogens with zero attached hydrogens (tertiary/aromatic N) is 1. The van der Waals surface area contributed by atoms with E-state index in [1.54, 1.807) is 0 Å². The lowest BCUT2D eigenvalue weighted by Crippen LogP contribution is -2.36. The molecule has 1 aliphatic rings. The third-order valence-corrected chi connectivity index (χ3v) is 4.33. The van der Waals surface area contributed by atoms with Gasteiger partial charge in [0.1, 0.15) is 0 Å². The molecule has 1 aromatic rings. The van der Waals surface area contributed by atoms with Crippen LogP contribution in [-0.2, 0) is 0 Å². The van der Waals surface area contributed by atoms with Gasteiger partial charge in [0.05, 0.1) is 0 Å². The molecule has 106 valence electrons. The minimum Gasteiger partial charge on any atom is -0.317 e. The van der Waals surface area contributed by atoms with E-state index in [2.05, 4.69) is 62.4 Å². The zero-order valence-electron chi connectivity index (χ0n) is 12.8. The number of hydrogen-bond donors (Lipinski definition) is 1. The van der Waals surface area contributed by atoms with Gasteiger partial charge in [-0.15, -0.1) is 0 Å². The summed E-state index contributed by atoms with van der Waals surface area (Å²) in [7, 11) is 4.42. The second-order valence-electron chi connectivity index (χ2n) is 6.32. The van der Waals surface area contributed by atoms with Crippen molar-refractivity contribution in [3.05, 3.63) is 35.4 Å². The van der Waals surface area contributed by atoms with Crippen molar-refractivity contribution in [1.29, 1.82) is 0 Å². The molecule has 0 radical (unpaired) electrons. The minimum atomic E-state index is 0.559. The van der Waals surface area contributed by atoms with E-state index in [4.69, 9.17) is 0 Å². The van der Waals surface area contributed by atoms with Crippen LogP contribution in [0.25, 0.3) is 0 Å². The van der Waals surface area contributed by atoms with E-state index in [1.807, 2.05) is 0 Å². The molecule has 2 heteroatoms. The fourth-order valence-electron chi connectivity index (χ4n) is 3.23. The molecule has 1 heterocycles. The van der Waals surface area contributed by atoms with E-state index in [0.717, 1.165) is 5.92 Å². The van der Waals surface area contributed by atoms with Crippen LogP contribution in [0.5, 0.6) is 0 Å². The van der Waals surface area contributed by atoms with Crippen LogP contribution < -0.4 is 5.32 Å². The van der Waals surface area contributed by atoms with E-state index in [-0.39, 0.29) is 0 Å². The summed E-state index contributed by atoms with van der Waals surface area (Å²) in [4.78, 5) is 2.39. The van der Waals surface area contributed by atoms with Crippen molar-refractivity contribution in [3.63, 3.8) is 0 Å². The lowest BCUT2D eigenvalue weighted by molar-refractivity contribution is 0.177. The summed E-state index contributed by atoms with van der Waals surface area (Å²) in [5, 5.41) is 3.47. The second kappa shape index (κ2) is 6.53. The maximum atomic E-state index is 3.47. The van der Waals surface area contributed by atoms with Crippen LogP contribution in [0.1, 0.15) is 49.8 Å². The van der Waals surface area contributed by atoms with Gasteiger partial charge < -0.3 is 10.2 Å². The molecule has 1 fully saturated rings. The van der Waals surface area contributed by atoms with Gasteiger partial charge in [0.15, 0.2) is 0 Å².